The molecular weight excluding hydrogens is 280 g/mol. The van der Waals surface area contributed by atoms with Crippen LogP contribution in [-0.2, 0) is 14.3 Å². The zero-order valence-electron chi connectivity index (χ0n) is 14.0. The molecule has 2 heterocycles. The summed E-state index contributed by atoms with van der Waals surface area (Å²) >= 11 is 0. The lowest BCUT2D eigenvalue weighted by molar-refractivity contribution is -0.144. The van der Waals surface area contributed by atoms with E-state index in [9.17, 15) is 4.79 Å². The van der Waals surface area contributed by atoms with Crippen LogP contribution in [0.1, 0.15) is 51.9 Å². The molecule has 128 valence electrons. The fourth-order valence-corrected chi connectivity index (χ4v) is 3.12. The van der Waals surface area contributed by atoms with Crippen molar-refractivity contribution in [1.29, 1.82) is 0 Å². The van der Waals surface area contributed by atoms with E-state index in [4.69, 9.17) is 9.47 Å². The summed E-state index contributed by atoms with van der Waals surface area (Å²) in [6.45, 7) is 7.75. The molecule has 0 amide bonds. The zero-order chi connectivity index (χ0) is 15.6. The van der Waals surface area contributed by atoms with Crippen LogP contribution < -0.4 is 5.32 Å². The van der Waals surface area contributed by atoms with E-state index in [2.05, 4.69) is 17.1 Å². The third-order valence-corrected chi connectivity index (χ3v) is 4.60. The molecule has 0 aromatic heterocycles. The van der Waals surface area contributed by atoms with Crippen molar-refractivity contribution in [3.8, 4) is 0 Å². The summed E-state index contributed by atoms with van der Waals surface area (Å²) in [5, 5.41) is 3.37. The van der Waals surface area contributed by atoms with Gasteiger partial charge in [0, 0.05) is 19.6 Å². The van der Waals surface area contributed by atoms with E-state index in [-0.39, 0.29) is 5.97 Å². The van der Waals surface area contributed by atoms with Crippen LogP contribution in [-0.4, -0.2) is 62.4 Å². The van der Waals surface area contributed by atoms with Gasteiger partial charge in [-0.15, -0.1) is 0 Å². The molecule has 5 heteroatoms. The number of nitrogens with zero attached hydrogens (tertiary/aromatic N) is 1. The molecule has 2 saturated heterocycles. The molecule has 0 radical (unpaired) electrons. The first-order chi connectivity index (χ1) is 10.8. The Kier molecular flexibility index (Phi) is 8.20. The minimum Gasteiger partial charge on any atom is -0.466 e. The monoisotopic (exact) mass is 312 g/mol. The highest BCUT2D eigenvalue weighted by Gasteiger charge is 2.24. The molecule has 0 bridgehead atoms. The van der Waals surface area contributed by atoms with E-state index in [1.54, 1.807) is 0 Å². The van der Waals surface area contributed by atoms with Gasteiger partial charge in [0.05, 0.1) is 25.2 Å². The van der Waals surface area contributed by atoms with E-state index in [0.717, 1.165) is 71.2 Å². The predicted octanol–water partition coefficient (Wildman–Crippen LogP) is 1.95. The van der Waals surface area contributed by atoms with Crippen molar-refractivity contribution >= 4 is 5.97 Å². The molecule has 0 spiro atoms. The van der Waals surface area contributed by atoms with Gasteiger partial charge >= 0.3 is 5.97 Å². The molecule has 5 nitrogen and oxygen atoms in total. The lowest BCUT2D eigenvalue weighted by Crippen LogP contribution is -2.41. The number of hydrogen-bond donors (Lipinski definition) is 1. The number of rotatable bonds is 8. The third-order valence-electron chi connectivity index (χ3n) is 4.60. The number of carbonyl (C=O) groups is 1. The van der Waals surface area contributed by atoms with Gasteiger partial charge in [0.2, 0.25) is 0 Å². The largest absolute Gasteiger partial charge is 0.466 e. The van der Waals surface area contributed by atoms with Gasteiger partial charge in [-0.25, -0.2) is 0 Å². The summed E-state index contributed by atoms with van der Waals surface area (Å²) in [5.41, 5.74) is 0. The van der Waals surface area contributed by atoms with Crippen molar-refractivity contribution in [2.24, 2.45) is 0 Å². The van der Waals surface area contributed by atoms with E-state index >= 15 is 0 Å². The van der Waals surface area contributed by atoms with Gasteiger partial charge < -0.3 is 19.7 Å². The van der Waals surface area contributed by atoms with Gasteiger partial charge in [-0.2, -0.15) is 0 Å². The second-order valence-corrected chi connectivity index (χ2v) is 6.45. The smallest absolute Gasteiger partial charge is 0.307 e. The number of unbranched alkanes of at least 4 members (excludes halogenated alkanes) is 1. The highest BCUT2D eigenvalue weighted by Crippen LogP contribution is 2.19. The highest BCUT2D eigenvalue weighted by molar-refractivity contribution is 5.69. The molecule has 0 aromatic carbocycles. The van der Waals surface area contributed by atoms with Gasteiger partial charge in [-0.3, -0.25) is 4.79 Å². The second-order valence-electron chi connectivity index (χ2n) is 6.45. The Morgan fingerprint density at radius 2 is 1.82 bits per heavy atom. The van der Waals surface area contributed by atoms with Gasteiger partial charge in [-0.05, 0) is 45.2 Å². The van der Waals surface area contributed by atoms with Crippen LogP contribution in [0, 0.1) is 0 Å². The van der Waals surface area contributed by atoms with Crippen molar-refractivity contribution in [2.45, 2.75) is 64.1 Å². The Morgan fingerprint density at radius 3 is 2.50 bits per heavy atom. The number of ether oxygens (including phenoxy) is 2. The number of esters is 1. The van der Waals surface area contributed by atoms with Crippen LogP contribution >= 0.6 is 0 Å². The maximum Gasteiger partial charge on any atom is 0.307 e. The quantitative estimate of drug-likeness (QED) is 0.548. The van der Waals surface area contributed by atoms with E-state index < -0.39 is 0 Å². The van der Waals surface area contributed by atoms with Gasteiger partial charge in [-0.1, -0.05) is 13.3 Å². The summed E-state index contributed by atoms with van der Waals surface area (Å²) in [5.74, 6) is -0.0541. The zero-order valence-corrected chi connectivity index (χ0v) is 14.0. The first-order valence-electron chi connectivity index (χ1n) is 9.02. The molecule has 0 saturated carbocycles. The molecule has 2 fully saturated rings. The maximum absolute atomic E-state index is 11.6. The standard InChI is InChI=1S/C17H32N2O3/c1-2-3-14-21-17(20)8-13-19-11-6-16(7-12-19)22-15-4-9-18-10-5-15/h15-16,18H,2-14H2,1H3. The highest BCUT2D eigenvalue weighted by atomic mass is 16.5. The third kappa shape index (κ3) is 6.63. The fraction of sp³-hybridized carbons (Fsp3) is 0.941. The molecule has 0 aromatic rings. The first kappa shape index (κ1) is 17.7. The Hall–Kier alpha value is -0.650. The molecule has 2 aliphatic rings. The average molecular weight is 312 g/mol. The summed E-state index contributed by atoms with van der Waals surface area (Å²) in [6, 6.07) is 0. The molecule has 0 aliphatic carbocycles. The summed E-state index contributed by atoms with van der Waals surface area (Å²) < 4.78 is 11.4. The van der Waals surface area contributed by atoms with Gasteiger partial charge in [0.15, 0.2) is 0 Å². The van der Waals surface area contributed by atoms with E-state index in [1.807, 2.05) is 0 Å². The molecule has 0 atom stereocenters. The van der Waals surface area contributed by atoms with Gasteiger partial charge in [0.1, 0.15) is 0 Å². The molecule has 2 rings (SSSR count). The number of likely N-dealkylation sites (tertiary alicyclic amines) is 1. The van der Waals surface area contributed by atoms with Crippen LogP contribution in [0.4, 0.5) is 0 Å². The number of carbonyl (C=O) groups excluding carboxylic acids is 1. The van der Waals surface area contributed by atoms with Crippen molar-refractivity contribution in [3.05, 3.63) is 0 Å². The topological polar surface area (TPSA) is 50.8 Å². The van der Waals surface area contributed by atoms with Crippen molar-refractivity contribution in [3.63, 3.8) is 0 Å². The fourth-order valence-electron chi connectivity index (χ4n) is 3.12. The summed E-state index contributed by atoms with van der Waals surface area (Å²) in [6.07, 6.45) is 7.88. The maximum atomic E-state index is 11.6. The molecular formula is C17H32N2O3. The SMILES string of the molecule is CCCCOC(=O)CCN1CCC(OC2CCNCC2)CC1. The van der Waals surface area contributed by atoms with Crippen molar-refractivity contribution in [2.75, 3.05) is 39.3 Å². The summed E-state index contributed by atoms with van der Waals surface area (Å²) in [7, 11) is 0. The average Bonchev–Trinajstić information content (AvgIpc) is 2.55. The van der Waals surface area contributed by atoms with Crippen LogP contribution in [0.3, 0.4) is 0 Å². The van der Waals surface area contributed by atoms with Crippen LogP contribution in [0.15, 0.2) is 0 Å². The number of hydrogen-bond acceptors (Lipinski definition) is 5. The lowest BCUT2D eigenvalue weighted by Gasteiger charge is -2.34. The molecule has 0 unspecified atom stereocenters. The molecule has 1 N–H and O–H groups in total. The molecule has 2 aliphatic heterocycles. The minimum absolute atomic E-state index is 0.0541. The first-order valence-corrected chi connectivity index (χ1v) is 9.02. The Bertz CT molecular complexity index is 311. The molecule has 22 heavy (non-hydrogen) atoms. The van der Waals surface area contributed by atoms with Crippen LogP contribution in [0.2, 0.25) is 0 Å². The van der Waals surface area contributed by atoms with Crippen LogP contribution in [0.25, 0.3) is 0 Å². The number of nitrogens with one attached hydrogen (secondary N) is 1. The van der Waals surface area contributed by atoms with E-state index in [0.29, 0.717) is 25.2 Å². The predicted molar refractivity (Wildman–Crippen MR) is 86.9 cm³/mol. The summed E-state index contributed by atoms with van der Waals surface area (Å²) in [4.78, 5) is 14.0. The van der Waals surface area contributed by atoms with Crippen LogP contribution in [0.5, 0.6) is 0 Å². The van der Waals surface area contributed by atoms with Crippen molar-refractivity contribution < 1.29 is 14.3 Å². The van der Waals surface area contributed by atoms with Gasteiger partial charge in [0.25, 0.3) is 0 Å². The Morgan fingerprint density at radius 1 is 1.14 bits per heavy atom. The van der Waals surface area contributed by atoms with E-state index in [1.165, 1.54) is 0 Å². The normalized spacial score (nSPS) is 21.9. The number of piperidine rings is 2. The lowest BCUT2D eigenvalue weighted by atomic mass is 10.1. The Balaban J connectivity index is 1.54. The Labute approximate surface area is 134 Å². The minimum atomic E-state index is -0.0541. The second kappa shape index (κ2) is 10.2. The van der Waals surface area contributed by atoms with Crippen molar-refractivity contribution in [1.82, 2.24) is 10.2 Å².